The summed E-state index contributed by atoms with van der Waals surface area (Å²) in [5.41, 5.74) is 1.88. The van der Waals surface area contributed by atoms with Gasteiger partial charge in [0.2, 0.25) is 5.91 Å². The molecule has 0 bridgehead atoms. The Labute approximate surface area is 164 Å². The summed E-state index contributed by atoms with van der Waals surface area (Å²) in [6, 6.07) is 8.70. The predicted octanol–water partition coefficient (Wildman–Crippen LogP) is 2.47. The van der Waals surface area contributed by atoms with Gasteiger partial charge in [-0.15, -0.1) is 0 Å². The number of nitrogens with one attached hydrogen (secondary N) is 3. The van der Waals surface area contributed by atoms with Crippen LogP contribution in [0.3, 0.4) is 0 Å². The monoisotopic (exact) mass is 385 g/mol. The van der Waals surface area contributed by atoms with Gasteiger partial charge in [-0.25, -0.2) is 0 Å². The van der Waals surface area contributed by atoms with E-state index in [9.17, 15) is 14.4 Å². The van der Waals surface area contributed by atoms with Crippen LogP contribution in [0.4, 0.5) is 0 Å². The lowest BCUT2D eigenvalue weighted by Crippen LogP contribution is -2.36. The fourth-order valence-electron chi connectivity index (χ4n) is 2.63. The fraction of sp³-hybridized carbons (Fsp3) is 0.381. The minimum Gasteiger partial charge on any atom is -0.466 e. The van der Waals surface area contributed by atoms with Crippen molar-refractivity contribution in [1.82, 2.24) is 16.0 Å². The summed E-state index contributed by atoms with van der Waals surface area (Å²) in [5.74, 6) is 0.427. The Morgan fingerprint density at radius 2 is 1.68 bits per heavy atom. The predicted molar refractivity (Wildman–Crippen MR) is 106 cm³/mol. The summed E-state index contributed by atoms with van der Waals surface area (Å²) in [7, 11) is 0. The molecule has 0 atom stereocenters. The molecular weight excluding hydrogens is 358 g/mol. The molecule has 28 heavy (non-hydrogen) atoms. The highest BCUT2D eigenvalue weighted by Crippen LogP contribution is 2.13. The first-order valence-electron chi connectivity index (χ1n) is 9.39. The molecule has 0 saturated heterocycles. The van der Waals surface area contributed by atoms with Crippen molar-refractivity contribution in [2.75, 3.05) is 13.1 Å². The van der Waals surface area contributed by atoms with Crippen LogP contribution in [0.25, 0.3) is 0 Å². The zero-order valence-electron chi connectivity index (χ0n) is 16.6. The first-order chi connectivity index (χ1) is 13.4. The normalized spacial score (nSPS) is 10.4. The third-order valence-corrected chi connectivity index (χ3v) is 4.22. The van der Waals surface area contributed by atoms with Crippen molar-refractivity contribution >= 4 is 17.7 Å². The molecule has 2 rings (SSSR count). The maximum Gasteiger partial charge on any atom is 0.255 e. The molecule has 0 radical (unpaired) electrons. The van der Waals surface area contributed by atoms with Crippen LogP contribution in [-0.4, -0.2) is 30.8 Å². The minimum atomic E-state index is -0.345. The second kappa shape index (κ2) is 10.3. The lowest BCUT2D eigenvalue weighted by molar-refractivity contribution is -0.120. The van der Waals surface area contributed by atoms with Gasteiger partial charge in [-0.1, -0.05) is 25.5 Å². The number of unbranched alkanes of at least 4 members (excludes halogenated alkanes) is 1. The zero-order valence-corrected chi connectivity index (χ0v) is 16.6. The second-order valence-corrected chi connectivity index (χ2v) is 6.59. The van der Waals surface area contributed by atoms with Gasteiger partial charge in [0.05, 0.1) is 12.1 Å². The van der Waals surface area contributed by atoms with Crippen molar-refractivity contribution in [2.45, 2.75) is 40.2 Å². The zero-order chi connectivity index (χ0) is 20.5. The smallest absolute Gasteiger partial charge is 0.255 e. The third-order valence-electron chi connectivity index (χ3n) is 4.22. The second-order valence-electron chi connectivity index (χ2n) is 6.59. The van der Waals surface area contributed by atoms with Gasteiger partial charge in [-0.2, -0.15) is 0 Å². The Morgan fingerprint density at radius 3 is 2.29 bits per heavy atom. The molecule has 150 valence electrons. The Hall–Kier alpha value is -3.09. The van der Waals surface area contributed by atoms with E-state index in [0.717, 1.165) is 18.4 Å². The third kappa shape index (κ3) is 6.26. The Morgan fingerprint density at radius 1 is 0.964 bits per heavy atom. The molecule has 0 aliphatic rings. The lowest BCUT2D eigenvalue weighted by Gasteiger charge is -2.08. The lowest BCUT2D eigenvalue weighted by atomic mass is 10.1. The van der Waals surface area contributed by atoms with Crippen LogP contribution in [0.5, 0.6) is 0 Å². The molecular formula is C21H27N3O4. The van der Waals surface area contributed by atoms with Crippen LogP contribution < -0.4 is 16.0 Å². The first kappa shape index (κ1) is 21.2. The summed E-state index contributed by atoms with van der Waals surface area (Å²) in [4.78, 5) is 36.0. The SMILES string of the molecule is CCCCNC(=O)c1ccc(CNC(=O)CNC(=O)c2cc(C)oc2C)cc1. The summed E-state index contributed by atoms with van der Waals surface area (Å²) in [6.45, 7) is 6.39. The fourth-order valence-corrected chi connectivity index (χ4v) is 2.63. The number of furan rings is 1. The van der Waals surface area contributed by atoms with Gasteiger partial charge in [0.1, 0.15) is 11.5 Å². The Balaban J connectivity index is 1.75. The van der Waals surface area contributed by atoms with Crippen LogP contribution in [0.2, 0.25) is 0 Å². The molecule has 1 aromatic carbocycles. The number of hydrogen-bond acceptors (Lipinski definition) is 4. The molecule has 7 heteroatoms. The van der Waals surface area contributed by atoms with E-state index in [-0.39, 0.29) is 24.3 Å². The Bertz CT molecular complexity index is 825. The van der Waals surface area contributed by atoms with Gasteiger partial charge in [0.25, 0.3) is 11.8 Å². The number of aryl methyl sites for hydroxylation is 2. The number of carbonyl (C=O) groups is 3. The maximum absolute atomic E-state index is 12.1. The number of benzene rings is 1. The van der Waals surface area contributed by atoms with Crippen molar-refractivity contribution in [3.05, 3.63) is 58.5 Å². The number of amides is 3. The van der Waals surface area contributed by atoms with Crippen LogP contribution in [0.1, 0.15) is 57.6 Å². The molecule has 0 aliphatic carbocycles. The standard InChI is InChI=1S/C21H27N3O4/c1-4-5-10-22-20(26)17-8-6-16(7-9-17)12-23-19(25)13-24-21(27)18-11-14(2)28-15(18)3/h6-9,11H,4-5,10,12-13H2,1-3H3,(H,22,26)(H,23,25)(H,24,27). The number of hydrogen-bond donors (Lipinski definition) is 3. The molecule has 2 aromatic rings. The van der Waals surface area contributed by atoms with E-state index >= 15 is 0 Å². The summed E-state index contributed by atoms with van der Waals surface area (Å²) in [5, 5.41) is 8.17. The molecule has 0 spiro atoms. The molecule has 0 aliphatic heterocycles. The summed E-state index contributed by atoms with van der Waals surface area (Å²) >= 11 is 0. The van der Waals surface area contributed by atoms with Crippen LogP contribution in [-0.2, 0) is 11.3 Å². The molecule has 1 heterocycles. The van der Waals surface area contributed by atoms with Gasteiger partial charge < -0.3 is 20.4 Å². The van der Waals surface area contributed by atoms with Crippen molar-refractivity contribution < 1.29 is 18.8 Å². The molecule has 3 N–H and O–H groups in total. The molecule has 0 fully saturated rings. The van der Waals surface area contributed by atoms with E-state index in [1.165, 1.54) is 0 Å². The quantitative estimate of drug-likeness (QED) is 0.577. The average molecular weight is 385 g/mol. The topological polar surface area (TPSA) is 100 Å². The van der Waals surface area contributed by atoms with E-state index in [2.05, 4.69) is 22.9 Å². The highest BCUT2D eigenvalue weighted by Gasteiger charge is 2.14. The minimum absolute atomic E-state index is 0.100. The van der Waals surface area contributed by atoms with Gasteiger partial charge in [0, 0.05) is 18.7 Å². The van der Waals surface area contributed by atoms with Crippen molar-refractivity contribution in [1.29, 1.82) is 0 Å². The number of rotatable bonds is 9. The van der Waals surface area contributed by atoms with E-state index < -0.39 is 0 Å². The molecule has 0 saturated carbocycles. The van der Waals surface area contributed by atoms with Gasteiger partial charge >= 0.3 is 0 Å². The van der Waals surface area contributed by atoms with Crippen molar-refractivity contribution in [3.63, 3.8) is 0 Å². The van der Waals surface area contributed by atoms with Crippen LogP contribution in [0.15, 0.2) is 34.7 Å². The summed E-state index contributed by atoms with van der Waals surface area (Å²) < 4.78 is 5.31. The van der Waals surface area contributed by atoms with Crippen LogP contribution in [0, 0.1) is 13.8 Å². The molecule has 1 aromatic heterocycles. The van der Waals surface area contributed by atoms with Gasteiger partial charge in [-0.3, -0.25) is 14.4 Å². The highest BCUT2D eigenvalue weighted by atomic mass is 16.3. The average Bonchev–Trinajstić information content (AvgIpc) is 3.03. The van der Waals surface area contributed by atoms with E-state index in [0.29, 0.717) is 35.7 Å². The van der Waals surface area contributed by atoms with E-state index in [1.54, 1.807) is 44.2 Å². The first-order valence-corrected chi connectivity index (χ1v) is 9.39. The van der Waals surface area contributed by atoms with Gasteiger partial charge in [-0.05, 0) is 44.0 Å². The molecule has 7 nitrogen and oxygen atoms in total. The van der Waals surface area contributed by atoms with E-state index in [1.807, 2.05) is 0 Å². The maximum atomic E-state index is 12.1. The van der Waals surface area contributed by atoms with Crippen molar-refractivity contribution in [3.8, 4) is 0 Å². The Kier molecular flexibility index (Phi) is 7.80. The highest BCUT2D eigenvalue weighted by molar-refractivity contribution is 5.97. The van der Waals surface area contributed by atoms with Crippen LogP contribution >= 0.6 is 0 Å². The van der Waals surface area contributed by atoms with Crippen molar-refractivity contribution in [2.24, 2.45) is 0 Å². The number of carbonyl (C=O) groups excluding carboxylic acids is 3. The van der Waals surface area contributed by atoms with E-state index in [4.69, 9.17) is 4.42 Å². The largest absolute Gasteiger partial charge is 0.466 e. The molecule has 3 amide bonds. The summed E-state index contributed by atoms with van der Waals surface area (Å²) in [6.07, 6.45) is 1.98. The molecule has 0 unspecified atom stereocenters. The van der Waals surface area contributed by atoms with Gasteiger partial charge in [0.15, 0.2) is 0 Å².